The summed E-state index contributed by atoms with van der Waals surface area (Å²) in [6.45, 7) is 2.16. The van der Waals surface area contributed by atoms with Crippen molar-refractivity contribution in [3.63, 3.8) is 0 Å². The highest BCUT2D eigenvalue weighted by molar-refractivity contribution is 5.77. The average molecular weight is 314 g/mol. The summed E-state index contributed by atoms with van der Waals surface area (Å²) in [5.41, 5.74) is 1.77. The van der Waals surface area contributed by atoms with E-state index in [0.717, 1.165) is 5.56 Å². The van der Waals surface area contributed by atoms with Crippen molar-refractivity contribution in [1.82, 2.24) is 4.90 Å². The maximum atomic E-state index is 12.1. The minimum atomic E-state index is -0.452. The number of nitro benzene ring substituents is 1. The van der Waals surface area contributed by atoms with Gasteiger partial charge in [0.15, 0.2) is 6.61 Å². The molecule has 0 heterocycles. The summed E-state index contributed by atoms with van der Waals surface area (Å²) in [5.74, 6) is 0.445. The van der Waals surface area contributed by atoms with Gasteiger partial charge in [-0.1, -0.05) is 24.3 Å². The number of amides is 1. The molecular formula is C17H18N2O4. The van der Waals surface area contributed by atoms with Crippen LogP contribution in [0.1, 0.15) is 11.1 Å². The summed E-state index contributed by atoms with van der Waals surface area (Å²) >= 11 is 0. The number of rotatable bonds is 6. The first-order chi connectivity index (χ1) is 11.0. The lowest BCUT2D eigenvalue weighted by molar-refractivity contribution is -0.384. The third kappa shape index (κ3) is 4.81. The Morgan fingerprint density at radius 1 is 1.22 bits per heavy atom. The molecule has 0 radical (unpaired) electrons. The zero-order valence-electron chi connectivity index (χ0n) is 13.1. The number of nitrogens with zero attached hydrogens (tertiary/aromatic N) is 2. The van der Waals surface area contributed by atoms with E-state index in [9.17, 15) is 14.9 Å². The van der Waals surface area contributed by atoms with Gasteiger partial charge >= 0.3 is 0 Å². The van der Waals surface area contributed by atoms with Gasteiger partial charge < -0.3 is 9.64 Å². The fourth-order valence-electron chi connectivity index (χ4n) is 2.09. The molecule has 120 valence electrons. The number of likely N-dealkylation sites (N-methyl/N-ethyl adjacent to an activating group) is 1. The maximum Gasteiger partial charge on any atom is 0.269 e. The number of aryl methyl sites for hydroxylation is 1. The minimum Gasteiger partial charge on any atom is -0.484 e. The number of hydrogen-bond acceptors (Lipinski definition) is 4. The third-order valence-corrected chi connectivity index (χ3v) is 3.32. The van der Waals surface area contributed by atoms with Crippen LogP contribution in [-0.4, -0.2) is 29.4 Å². The largest absolute Gasteiger partial charge is 0.484 e. The fraction of sp³-hybridized carbons (Fsp3) is 0.235. The molecule has 0 saturated carbocycles. The van der Waals surface area contributed by atoms with Crippen molar-refractivity contribution in [3.8, 4) is 5.75 Å². The van der Waals surface area contributed by atoms with Crippen LogP contribution in [0.25, 0.3) is 0 Å². The van der Waals surface area contributed by atoms with Crippen molar-refractivity contribution in [3.05, 3.63) is 69.8 Å². The molecule has 0 bridgehead atoms. The van der Waals surface area contributed by atoms with E-state index in [1.807, 2.05) is 25.1 Å². The predicted molar refractivity (Wildman–Crippen MR) is 86.2 cm³/mol. The van der Waals surface area contributed by atoms with Crippen LogP contribution in [0.5, 0.6) is 5.75 Å². The van der Waals surface area contributed by atoms with E-state index in [4.69, 9.17) is 4.74 Å². The van der Waals surface area contributed by atoms with E-state index >= 15 is 0 Å². The van der Waals surface area contributed by atoms with Gasteiger partial charge in [-0.2, -0.15) is 0 Å². The first-order valence-corrected chi connectivity index (χ1v) is 7.12. The number of hydrogen-bond donors (Lipinski definition) is 0. The van der Waals surface area contributed by atoms with Crippen molar-refractivity contribution in [2.45, 2.75) is 13.5 Å². The molecule has 1 amide bonds. The highest BCUT2D eigenvalue weighted by Gasteiger charge is 2.12. The van der Waals surface area contributed by atoms with Crippen LogP contribution in [0.4, 0.5) is 5.69 Å². The molecule has 0 aromatic heterocycles. The Bertz CT molecular complexity index is 715. The molecule has 0 fully saturated rings. The van der Waals surface area contributed by atoms with Gasteiger partial charge in [0.25, 0.3) is 11.6 Å². The van der Waals surface area contributed by atoms with Gasteiger partial charge in [0.1, 0.15) is 5.75 Å². The lowest BCUT2D eigenvalue weighted by Crippen LogP contribution is -2.30. The number of benzene rings is 2. The molecule has 0 unspecified atom stereocenters. The van der Waals surface area contributed by atoms with Gasteiger partial charge in [0.05, 0.1) is 4.92 Å². The molecule has 0 N–H and O–H groups in total. The Morgan fingerprint density at radius 3 is 2.65 bits per heavy atom. The molecule has 2 aromatic rings. The van der Waals surface area contributed by atoms with Gasteiger partial charge in [-0.25, -0.2) is 0 Å². The quantitative estimate of drug-likeness (QED) is 0.607. The second kappa shape index (κ2) is 7.40. The lowest BCUT2D eigenvalue weighted by Gasteiger charge is -2.17. The average Bonchev–Trinajstić information content (AvgIpc) is 2.52. The van der Waals surface area contributed by atoms with E-state index in [1.165, 1.54) is 17.0 Å². The van der Waals surface area contributed by atoms with Gasteiger partial charge in [-0.3, -0.25) is 14.9 Å². The number of carbonyl (C=O) groups excluding carboxylic acids is 1. The monoisotopic (exact) mass is 314 g/mol. The number of nitro groups is 1. The summed E-state index contributed by atoms with van der Waals surface area (Å²) in [5, 5.41) is 10.8. The first-order valence-electron chi connectivity index (χ1n) is 7.12. The van der Waals surface area contributed by atoms with E-state index in [0.29, 0.717) is 11.3 Å². The highest BCUT2D eigenvalue weighted by Crippen LogP contribution is 2.15. The van der Waals surface area contributed by atoms with Gasteiger partial charge in [-0.05, 0) is 30.2 Å². The van der Waals surface area contributed by atoms with Gasteiger partial charge in [-0.15, -0.1) is 0 Å². The van der Waals surface area contributed by atoms with Crippen LogP contribution < -0.4 is 4.74 Å². The van der Waals surface area contributed by atoms with Crippen LogP contribution in [0, 0.1) is 17.0 Å². The molecule has 0 aliphatic carbocycles. The van der Waals surface area contributed by atoms with E-state index in [1.54, 1.807) is 25.2 Å². The van der Waals surface area contributed by atoms with Crippen LogP contribution in [0.15, 0.2) is 48.5 Å². The zero-order chi connectivity index (χ0) is 16.8. The van der Waals surface area contributed by atoms with E-state index < -0.39 is 4.92 Å². The zero-order valence-corrected chi connectivity index (χ0v) is 13.1. The number of ether oxygens (including phenoxy) is 1. The number of carbonyl (C=O) groups is 1. The molecule has 0 atom stereocenters. The topological polar surface area (TPSA) is 72.7 Å². The molecule has 0 aliphatic rings. The van der Waals surface area contributed by atoms with Crippen LogP contribution in [0.3, 0.4) is 0 Å². The van der Waals surface area contributed by atoms with Crippen molar-refractivity contribution < 1.29 is 14.5 Å². The van der Waals surface area contributed by atoms with E-state index in [2.05, 4.69) is 0 Å². The molecule has 6 heteroatoms. The lowest BCUT2D eigenvalue weighted by atomic mass is 10.2. The molecular weight excluding hydrogens is 296 g/mol. The molecule has 2 rings (SSSR count). The summed E-state index contributed by atoms with van der Waals surface area (Å²) < 4.78 is 5.47. The summed E-state index contributed by atoms with van der Waals surface area (Å²) in [4.78, 5) is 23.9. The smallest absolute Gasteiger partial charge is 0.269 e. The van der Waals surface area contributed by atoms with E-state index in [-0.39, 0.29) is 24.7 Å². The summed E-state index contributed by atoms with van der Waals surface area (Å²) in [6.07, 6.45) is 0. The fourth-order valence-corrected chi connectivity index (χ4v) is 2.09. The molecule has 2 aromatic carbocycles. The highest BCUT2D eigenvalue weighted by atomic mass is 16.6. The van der Waals surface area contributed by atoms with Crippen molar-refractivity contribution in [1.29, 1.82) is 0 Å². The van der Waals surface area contributed by atoms with Gasteiger partial charge in [0.2, 0.25) is 0 Å². The maximum absolute atomic E-state index is 12.1. The van der Waals surface area contributed by atoms with Gasteiger partial charge in [0, 0.05) is 25.7 Å². The Morgan fingerprint density at radius 2 is 1.96 bits per heavy atom. The third-order valence-electron chi connectivity index (χ3n) is 3.32. The Balaban J connectivity index is 1.92. The first kappa shape index (κ1) is 16.5. The summed E-state index contributed by atoms with van der Waals surface area (Å²) in [6, 6.07) is 13.7. The molecule has 23 heavy (non-hydrogen) atoms. The predicted octanol–water partition coefficient (Wildman–Crippen LogP) is 2.94. The Hall–Kier alpha value is -2.89. The van der Waals surface area contributed by atoms with Crippen LogP contribution in [-0.2, 0) is 11.3 Å². The van der Waals surface area contributed by atoms with Crippen LogP contribution >= 0.6 is 0 Å². The minimum absolute atomic E-state index is 0.0133. The molecule has 0 spiro atoms. The Labute approximate surface area is 134 Å². The number of non-ortho nitro benzene ring substituents is 1. The standard InChI is InChI=1S/C17H18N2O4/c1-13-5-3-8-16(9-13)23-12-17(20)18(2)11-14-6-4-7-15(10-14)19(21)22/h3-10H,11-12H2,1-2H3. The normalized spacial score (nSPS) is 10.2. The molecule has 0 saturated heterocycles. The second-order valence-electron chi connectivity index (χ2n) is 5.28. The Kier molecular flexibility index (Phi) is 5.30. The van der Waals surface area contributed by atoms with Crippen LogP contribution in [0.2, 0.25) is 0 Å². The molecule has 0 aliphatic heterocycles. The molecule has 6 nitrogen and oxygen atoms in total. The summed E-state index contributed by atoms with van der Waals surface area (Å²) in [7, 11) is 1.64. The second-order valence-corrected chi connectivity index (χ2v) is 5.28. The van der Waals surface area contributed by atoms with Crippen molar-refractivity contribution in [2.75, 3.05) is 13.7 Å². The van der Waals surface area contributed by atoms with Crippen molar-refractivity contribution >= 4 is 11.6 Å². The SMILES string of the molecule is Cc1cccc(OCC(=O)N(C)Cc2cccc([N+](=O)[O-])c2)c1. The van der Waals surface area contributed by atoms with Crippen molar-refractivity contribution in [2.24, 2.45) is 0 Å².